The first-order valence-corrected chi connectivity index (χ1v) is 9.55. The van der Waals surface area contributed by atoms with Crippen molar-refractivity contribution in [3.63, 3.8) is 0 Å². The van der Waals surface area contributed by atoms with Gasteiger partial charge >= 0.3 is 0 Å². The third-order valence-corrected chi connectivity index (χ3v) is 4.81. The Hall–Kier alpha value is -3.12. The lowest BCUT2D eigenvalue weighted by Crippen LogP contribution is -2.33. The Kier molecular flexibility index (Phi) is 7.03. The molecular formula is C23H23FN2O2S. The highest BCUT2D eigenvalue weighted by Crippen LogP contribution is 2.19. The Morgan fingerprint density at radius 2 is 1.24 bits per heavy atom. The second kappa shape index (κ2) is 9.89. The van der Waals surface area contributed by atoms with E-state index in [2.05, 4.69) is 5.32 Å². The summed E-state index contributed by atoms with van der Waals surface area (Å²) in [6, 6.07) is 21.9. The first-order chi connectivity index (χ1) is 14.1. The number of rotatable bonds is 7. The topological polar surface area (TPSA) is 33.7 Å². The van der Waals surface area contributed by atoms with Gasteiger partial charge in [-0.05, 0) is 71.9 Å². The van der Waals surface area contributed by atoms with Gasteiger partial charge < -0.3 is 19.7 Å². The summed E-state index contributed by atoms with van der Waals surface area (Å²) < 4.78 is 23.7. The summed E-state index contributed by atoms with van der Waals surface area (Å²) >= 11 is 5.68. The van der Waals surface area contributed by atoms with Crippen molar-refractivity contribution in [2.45, 2.75) is 13.1 Å². The molecule has 6 heteroatoms. The van der Waals surface area contributed by atoms with Crippen molar-refractivity contribution in [2.24, 2.45) is 0 Å². The minimum Gasteiger partial charge on any atom is -0.497 e. The molecule has 0 atom stereocenters. The summed E-state index contributed by atoms with van der Waals surface area (Å²) in [5.41, 5.74) is 2.93. The molecule has 0 amide bonds. The maximum atomic E-state index is 13.3. The van der Waals surface area contributed by atoms with Crippen LogP contribution in [0, 0.1) is 5.82 Å². The second-order valence-corrected chi connectivity index (χ2v) is 6.88. The van der Waals surface area contributed by atoms with E-state index in [0.29, 0.717) is 18.2 Å². The normalized spacial score (nSPS) is 10.3. The van der Waals surface area contributed by atoms with Crippen molar-refractivity contribution in [3.05, 3.63) is 89.7 Å². The highest BCUT2D eigenvalue weighted by Gasteiger charge is 2.12. The van der Waals surface area contributed by atoms with Crippen LogP contribution in [0.15, 0.2) is 72.8 Å². The van der Waals surface area contributed by atoms with Crippen LogP contribution >= 0.6 is 12.2 Å². The summed E-state index contributed by atoms with van der Waals surface area (Å²) in [6.45, 7) is 1.15. The zero-order valence-corrected chi connectivity index (χ0v) is 17.2. The van der Waals surface area contributed by atoms with Gasteiger partial charge in [-0.2, -0.15) is 0 Å². The van der Waals surface area contributed by atoms with Crippen LogP contribution in [0.4, 0.5) is 10.1 Å². The molecule has 0 saturated carbocycles. The minimum absolute atomic E-state index is 0.255. The van der Waals surface area contributed by atoms with Crippen molar-refractivity contribution in [2.75, 3.05) is 19.5 Å². The van der Waals surface area contributed by atoms with Crippen molar-refractivity contribution in [3.8, 4) is 11.5 Å². The first-order valence-electron chi connectivity index (χ1n) is 9.15. The number of thiocarbonyl (C=S) groups is 1. The maximum Gasteiger partial charge on any atom is 0.174 e. The number of hydrogen-bond donors (Lipinski definition) is 1. The van der Waals surface area contributed by atoms with Crippen LogP contribution in [0.5, 0.6) is 11.5 Å². The standard InChI is InChI=1S/C23H23FN2O2S/c1-27-21-11-5-18(6-12-21)16-26(15-17-3-7-19(24)8-4-17)23(29)25-20-9-13-22(28-2)14-10-20/h3-14H,15-16H2,1-2H3,(H,25,29). The van der Waals surface area contributed by atoms with Crippen molar-refractivity contribution in [1.29, 1.82) is 0 Å². The largest absolute Gasteiger partial charge is 0.497 e. The van der Waals surface area contributed by atoms with Gasteiger partial charge in [-0.3, -0.25) is 0 Å². The van der Waals surface area contributed by atoms with E-state index in [0.717, 1.165) is 28.3 Å². The average molecular weight is 411 g/mol. The van der Waals surface area contributed by atoms with Gasteiger partial charge in [-0.1, -0.05) is 24.3 Å². The van der Waals surface area contributed by atoms with E-state index in [9.17, 15) is 4.39 Å². The fourth-order valence-corrected chi connectivity index (χ4v) is 3.08. The van der Waals surface area contributed by atoms with Crippen LogP contribution in [0.3, 0.4) is 0 Å². The fraction of sp³-hybridized carbons (Fsp3) is 0.174. The molecule has 0 fully saturated rings. The molecule has 3 aromatic rings. The molecule has 0 radical (unpaired) electrons. The van der Waals surface area contributed by atoms with E-state index in [4.69, 9.17) is 21.7 Å². The molecule has 0 heterocycles. The second-order valence-electron chi connectivity index (χ2n) is 6.49. The van der Waals surface area contributed by atoms with Crippen LogP contribution in [0.2, 0.25) is 0 Å². The van der Waals surface area contributed by atoms with E-state index < -0.39 is 0 Å². The van der Waals surface area contributed by atoms with Gasteiger partial charge in [0.2, 0.25) is 0 Å². The highest BCUT2D eigenvalue weighted by atomic mass is 32.1. The van der Waals surface area contributed by atoms with Gasteiger partial charge in [0.1, 0.15) is 17.3 Å². The number of anilines is 1. The monoisotopic (exact) mass is 410 g/mol. The molecule has 3 rings (SSSR count). The lowest BCUT2D eigenvalue weighted by molar-refractivity contribution is 0.407. The number of benzene rings is 3. The molecule has 0 unspecified atom stereocenters. The predicted molar refractivity (Wildman–Crippen MR) is 118 cm³/mol. The van der Waals surface area contributed by atoms with E-state index in [1.807, 2.05) is 53.4 Å². The maximum absolute atomic E-state index is 13.3. The number of halogens is 1. The van der Waals surface area contributed by atoms with Crippen LogP contribution in [-0.4, -0.2) is 24.2 Å². The van der Waals surface area contributed by atoms with Gasteiger partial charge in [-0.25, -0.2) is 4.39 Å². The molecular weight excluding hydrogens is 387 g/mol. The molecule has 4 nitrogen and oxygen atoms in total. The Balaban J connectivity index is 1.77. The van der Waals surface area contributed by atoms with E-state index in [1.165, 1.54) is 12.1 Å². The third kappa shape index (κ3) is 5.93. The summed E-state index contributed by atoms with van der Waals surface area (Å²) in [4.78, 5) is 2.04. The molecule has 0 spiro atoms. The Labute approximate surface area is 175 Å². The molecule has 29 heavy (non-hydrogen) atoms. The van der Waals surface area contributed by atoms with Gasteiger partial charge in [0.05, 0.1) is 14.2 Å². The molecule has 0 aromatic heterocycles. The highest BCUT2D eigenvalue weighted by molar-refractivity contribution is 7.80. The number of nitrogens with one attached hydrogen (secondary N) is 1. The molecule has 0 aliphatic carbocycles. The molecule has 3 aromatic carbocycles. The zero-order chi connectivity index (χ0) is 20.6. The van der Waals surface area contributed by atoms with Gasteiger partial charge in [-0.15, -0.1) is 0 Å². The minimum atomic E-state index is -0.255. The quantitative estimate of drug-likeness (QED) is 0.539. The Morgan fingerprint density at radius 3 is 1.72 bits per heavy atom. The summed E-state index contributed by atoms with van der Waals surface area (Å²) in [5.74, 6) is 1.33. The van der Waals surface area contributed by atoms with E-state index in [-0.39, 0.29) is 5.82 Å². The van der Waals surface area contributed by atoms with Crippen molar-refractivity contribution in [1.82, 2.24) is 4.90 Å². The number of methoxy groups -OCH3 is 2. The van der Waals surface area contributed by atoms with Crippen LogP contribution in [0.1, 0.15) is 11.1 Å². The van der Waals surface area contributed by atoms with Crippen molar-refractivity contribution >= 4 is 23.0 Å². The lowest BCUT2D eigenvalue weighted by Gasteiger charge is -2.26. The molecule has 1 N–H and O–H groups in total. The van der Waals surface area contributed by atoms with Crippen molar-refractivity contribution < 1.29 is 13.9 Å². The number of nitrogens with zero attached hydrogens (tertiary/aromatic N) is 1. The van der Waals surface area contributed by atoms with Crippen LogP contribution in [-0.2, 0) is 13.1 Å². The fourth-order valence-electron chi connectivity index (χ4n) is 2.84. The summed E-state index contributed by atoms with van der Waals surface area (Å²) in [7, 11) is 3.27. The van der Waals surface area contributed by atoms with E-state index in [1.54, 1.807) is 26.4 Å². The molecule has 0 aliphatic heterocycles. The Bertz CT molecular complexity index is 929. The van der Waals surface area contributed by atoms with Gasteiger partial charge in [0, 0.05) is 18.8 Å². The number of hydrogen-bond acceptors (Lipinski definition) is 3. The smallest absolute Gasteiger partial charge is 0.174 e. The lowest BCUT2D eigenvalue weighted by atomic mass is 10.1. The number of ether oxygens (including phenoxy) is 2. The van der Waals surface area contributed by atoms with Gasteiger partial charge in [0.15, 0.2) is 5.11 Å². The first kappa shape index (κ1) is 20.6. The average Bonchev–Trinajstić information content (AvgIpc) is 2.76. The third-order valence-electron chi connectivity index (χ3n) is 4.45. The summed E-state index contributed by atoms with van der Waals surface area (Å²) in [6.07, 6.45) is 0. The molecule has 150 valence electrons. The van der Waals surface area contributed by atoms with E-state index >= 15 is 0 Å². The molecule has 0 saturated heterocycles. The zero-order valence-electron chi connectivity index (χ0n) is 16.4. The SMILES string of the molecule is COc1ccc(CN(Cc2ccc(F)cc2)C(=S)Nc2ccc(OC)cc2)cc1. The molecule has 0 bridgehead atoms. The van der Waals surface area contributed by atoms with Gasteiger partial charge in [0.25, 0.3) is 0 Å². The summed E-state index contributed by atoms with van der Waals surface area (Å²) in [5, 5.41) is 3.85. The predicted octanol–water partition coefficient (Wildman–Crippen LogP) is 5.24. The Morgan fingerprint density at radius 1 is 0.793 bits per heavy atom. The van der Waals surface area contributed by atoms with Crippen LogP contribution < -0.4 is 14.8 Å². The molecule has 0 aliphatic rings. The van der Waals surface area contributed by atoms with Crippen LogP contribution in [0.25, 0.3) is 0 Å².